The number of rotatable bonds is 7. The maximum Gasteiger partial charge on any atom is 0.239 e. The van der Waals surface area contributed by atoms with E-state index in [2.05, 4.69) is 20.6 Å². The zero-order valence-electron chi connectivity index (χ0n) is 12.2. The SMILES string of the molecule is CCNC(=O)CN(CC)c1cc(NCC)nc(C)n1. The van der Waals surface area contributed by atoms with Gasteiger partial charge in [-0.2, -0.15) is 0 Å². The number of likely N-dealkylation sites (N-methyl/N-ethyl adjacent to an activating group) is 2. The molecule has 6 heteroatoms. The lowest BCUT2D eigenvalue weighted by Crippen LogP contribution is -2.37. The van der Waals surface area contributed by atoms with E-state index < -0.39 is 0 Å². The Morgan fingerprint density at radius 1 is 1.26 bits per heavy atom. The van der Waals surface area contributed by atoms with Gasteiger partial charge in [-0.3, -0.25) is 4.79 Å². The molecular formula is C13H23N5O. The third kappa shape index (κ3) is 4.73. The number of nitrogens with zero attached hydrogens (tertiary/aromatic N) is 3. The van der Waals surface area contributed by atoms with Crippen LogP contribution in [0, 0.1) is 6.92 Å². The van der Waals surface area contributed by atoms with Gasteiger partial charge >= 0.3 is 0 Å². The number of nitrogens with one attached hydrogen (secondary N) is 2. The van der Waals surface area contributed by atoms with E-state index in [4.69, 9.17) is 0 Å². The average Bonchev–Trinajstić information content (AvgIpc) is 2.36. The Labute approximate surface area is 114 Å². The summed E-state index contributed by atoms with van der Waals surface area (Å²) >= 11 is 0. The van der Waals surface area contributed by atoms with Crippen LogP contribution in [-0.2, 0) is 4.79 Å². The molecule has 0 radical (unpaired) electrons. The zero-order chi connectivity index (χ0) is 14.3. The molecule has 2 N–H and O–H groups in total. The zero-order valence-corrected chi connectivity index (χ0v) is 12.2. The summed E-state index contributed by atoms with van der Waals surface area (Å²) in [4.78, 5) is 22.3. The molecule has 0 aliphatic rings. The highest BCUT2D eigenvalue weighted by Gasteiger charge is 2.12. The van der Waals surface area contributed by atoms with Crippen LogP contribution in [-0.4, -0.2) is 42.1 Å². The third-order valence-corrected chi connectivity index (χ3v) is 2.60. The van der Waals surface area contributed by atoms with Crippen molar-refractivity contribution in [3.63, 3.8) is 0 Å². The molecule has 1 rings (SSSR count). The Hall–Kier alpha value is -1.85. The summed E-state index contributed by atoms with van der Waals surface area (Å²) < 4.78 is 0. The summed E-state index contributed by atoms with van der Waals surface area (Å²) in [5, 5.41) is 5.96. The van der Waals surface area contributed by atoms with Gasteiger partial charge in [0.05, 0.1) is 6.54 Å². The van der Waals surface area contributed by atoms with Crippen LogP contribution in [0.4, 0.5) is 11.6 Å². The molecular weight excluding hydrogens is 242 g/mol. The average molecular weight is 265 g/mol. The van der Waals surface area contributed by atoms with Crippen molar-refractivity contribution in [2.45, 2.75) is 27.7 Å². The van der Waals surface area contributed by atoms with Gasteiger partial charge in [-0.05, 0) is 27.7 Å². The lowest BCUT2D eigenvalue weighted by Gasteiger charge is -2.22. The van der Waals surface area contributed by atoms with Gasteiger partial charge in [-0.25, -0.2) is 9.97 Å². The maximum atomic E-state index is 11.7. The maximum absolute atomic E-state index is 11.7. The fraction of sp³-hybridized carbons (Fsp3) is 0.615. The number of hydrogen-bond donors (Lipinski definition) is 2. The van der Waals surface area contributed by atoms with Gasteiger partial charge < -0.3 is 15.5 Å². The van der Waals surface area contributed by atoms with Crippen molar-refractivity contribution < 1.29 is 4.79 Å². The summed E-state index contributed by atoms with van der Waals surface area (Å²) in [5.74, 6) is 2.27. The Kier molecular flexibility index (Phi) is 6.05. The van der Waals surface area contributed by atoms with Crippen molar-refractivity contribution in [2.24, 2.45) is 0 Å². The van der Waals surface area contributed by atoms with Gasteiger partial charge in [0.15, 0.2) is 0 Å². The number of carbonyl (C=O) groups excluding carboxylic acids is 1. The molecule has 0 aliphatic carbocycles. The van der Waals surface area contributed by atoms with Crippen LogP contribution in [0.2, 0.25) is 0 Å². The monoisotopic (exact) mass is 265 g/mol. The number of aromatic nitrogens is 2. The first-order valence-corrected chi connectivity index (χ1v) is 6.71. The standard InChI is InChI=1S/C13H23N5O/c1-5-14-11-8-12(17-10(4)16-11)18(7-3)9-13(19)15-6-2/h8H,5-7,9H2,1-4H3,(H,15,19)(H,14,16,17). The molecule has 0 spiro atoms. The molecule has 106 valence electrons. The fourth-order valence-electron chi connectivity index (χ4n) is 1.77. The Morgan fingerprint density at radius 2 is 2.00 bits per heavy atom. The van der Waals surface area contributed by atoms with Gasteiger partial charge in [-0.15, -0.1) is 0 Å². The molecule has 1 heterocycles. The van der Waals surface area contributed by atoms with Gasteiger partial charge in [0.1, 0.15) is 17.5 Å². The highest BCUT2D eigenvalue weighted by Crippen LogP contribution is 2.15. The molecule has 6 nitrogen and oxygen atoms in total. The summed E-state index contributed by atoms with van der Waals surface area (Å²) in [5.41, 5.74) is 0. The highest BCUT2D eigenvalue weighted by atomic mass is 16.2. The predicted molar refractivity (Wildman–Crippen MR) is 77.5 cm³/mol. The molecule has 1 aromatic heterocycles. The molecule has 0 saturated carbocycles. The van der Waals surface area contributed by atoms with Crippen LogP contribution >= 0.6 is 0 Å². The summed E-state index contributed by atoms with van der Waals surface area (Å²) in [6.45, 7) is 10.3. The molecule has 1 amide bonds. The van der Waals surface area contributed by atoms with Crippen LogP contribution < -0.4 is 15.5 Å². The first kappa shape index (κ1) is 15.2. The molecule has 0 aliphatic heterocycles. The minimum absolute atomic E-state index is 0.00520. The smallest absolute Gasteiger partial charge is 0.239 e. The van der Waals surface area contributed by atoms with Crippen molar-refractivity contribution >= 4 is 17.5 Å². The van der Waals surface area contributed by atoms with Crippen molar-refractivity contribution in [3.8, 4) is 0 Å². The van der Waals surface area contributed by atoms with Gasteiger partial charge in [0.2, 0.25) is 5.91 Å². The Bertz CT molecular complexity index is 421. The minimum Gasteiger partial charge on any atom is -0.370 e. The molecule has 0 unspecified atom stereocenters. The molecule has 0 atom stereocenters. The molecule has 0 saturated heterocycles. The molecule has 0 bridgehead atoms. The highest BCUT2D eigenvalue weighted by molar-refractivity contribution is 5.81. The number of hydrogen-bond acceptors (Lipinski definition) is 5. The van der Waals surface area contributed by atoms with Crippen molar-refractivity contribution in [1.82, 2.24) is 15.3 Å². The van der Waals surface area contributed by atoms with Crippen LogP contribution in [0.1, 0.15) is 26.6 Å². The Morgan fingerprint density at radius 3 is 2.58 bits per heavy atom. The van der Waals surface area contributed by atoms with E-state index in [1.165, 1.54) is 0 Å². The first-order valence-electron chi connectivity index (χ1n) is 6.71. The van der Waals surface area contributed by atoms with E-state index in [1.54, 1.807) is 0 Å². The van der Waals surface area contributed by atoms with E-state index in [0.29, 0.717) is 18.9 Å². The second-order valence-electron chi connectivity index (χ2n) is 4.16. The number of amides is 1. The second-order valence-corrected chi connectivity index (χ2v) is 4.16. The topological polar surface area (TPSA) is 70.2 Å². The van der Waals surface area contributed by atoms with Crippen LogP contribution in [0.5, 0.6) is 0 Å². The van der Waals surface area contributed by atoms with Crippen molar-refractivity contribution in [1.29, 1.82) is 0 Å². The summed E-state index contributed by atoms with van der Waals surface area (Å²) in [7, 11) is 0. The number of anilines is 2. The quantitative estimate of drug-likeness (QED) is 0.774. The van der Waals surface area contributed by atoms with E-state index in [0.717, 1.165) is 24.7 Å². The minimum atomic E-state index is 0.00520. The van der Waals surface area contributed by atoms with Gasteiger partial charge in [0, 0.05) is 25.7 Å². The normalized spacial score (nSPS) is 10.1. The molecule has 0 fully saturated rings. The molecule has 0 aromatic carbocycles. The number of carbonyl (C=O) groups is 1. The Balaban J connectivity index is 2.87. The van der Waals surface area contributed by atoms with Crippen molar-refractivity contribution in [3.05, 3.63) is 11.9 Å². The molecule has 1 aromatic rings. The first-order chi connectivity index (χ1) is 9.10. The van der Waals surface area contributed by atoms with Gasteiger partial charge in [0.25, 0.3) is 0 Å². The summed E-state index contributed by atoms with van der Waals surface area (Å²) in [6.07, 6.45) is 0. The summed E-state index contributed by atoms with van der Waals surface area (Å²) in [6, 6.07) is 1.87. The predicted octanol–water partition coefficient (Wildman–Crippen LogP) is 1.18. The lowest BCUT2D eigenvalue weighted by atomic mass is 10.4. The lowest BCUT2D eigenvalue weighted by molar-refractivity contribution is -0.119. The second kappa shape index (κ2) is 7.56. The van der Waals surface area contributed by atoms with E-state index in [-0.39, 0.29) is 5.91 Å². The van der Waals surface area contributed by atoms with Crippen LogP contribution in [0.25, 0.3) is 0 Å². The van der Waals surface area contributed by atoms with Gasteiger partial charge in [-0.1, -0.05) is 0 Å². The van der Waals surface area contributed by atoms with E-state index in [9.17, 15) is 4.79 Å². The third-order valence-electron chi connectivity index (χ3n) is 2.60. The van der Waals surface area contributed by atoms with E-state index >= 15 is 0 Å². The number of aryl methyl sites for hydroxylation is 1. The largest absolute Gasteiger partial charge is 0.370 e. The molecule has 19 heavy (non-hydrogen) atoms. The van der Waals surface area contributed by atoms with E-state index in [1.807, 2.05) is 38.7 Å². The van der Waals surface area contributed by atoms with Crippen LogP contribution in [0.15, 0.2) is 6.07 Å². The fourth-order valence-corrected chi connectivity index (χ4v) is 1.77. The van der Waals surface area contributed by atoms with Crippen LogP contribution in [0.3, 0.4) is 0 Å². The van der Waals surface area contributed by atoms with Crippen molar-refractivity contribution in [2.75, 3.05) is 36.4 Å².